The van der Waals surface area contributed by atoms with Gasteiger partial charge in [0.2, 0.25) is 0 Å². The van der Waals surface area contributed by atoms with Gasteiger partial charge in [-0.25, -0.2) is 0 Å². The number of carbonyl (C=O) groups excluding carboxylic acids is 3. The summed E-state index contributed by atoms with van der Waals surface area (Å²) in [6, 6.07) is 30.5. The van der Waals surface area contributed by atoms with Gasteiger partial charge in [0, 0.05) is 105 Å². The van der Waals surface area contributed by atoms with Gasteiger partial charge in [0.25, 0.3) is 0 Å². The van der Waals surface area contributed by atoms with E-state index in [4.69, 9.17) is 0 Å². The summed E-state index contributed by atoms with van der Waals surface area (Å²) in [5.41, 5.74) is 2.30. The zero-order chi connectivity index (χ0) is 26.4. The third kappa shape index (κ3) is 26.4. The van der Waals surface area contributed by atoms with Crippen molar-refractivity contribution in [2.75, 3.05) is 0 Å². The first-order valence-corrected chi connectivity index (χ1v) is 13.0. The van der Waals surface area contributed by atoms with Crippen LogP contribution in [-0.2, 0) is 98.1 Å². The topological polar surface area (TPSA) is 51.2 Å². The maximum Gasteiger partial charge on any atom is 0.138 e. The average Bonchev–Trinajstić information content (AvgIpc) is 2.95. The monoisotopic (exact) mass is 795 g/mol. The Kier molecular flexibility index (Phi) is 48.2. The molecule has 0 bridgehead atoms. The molecule has 0 fully saturated rings. The van der Waals surface area contributed by atoms with E-state index in [2.05, 4.69) is 39.0 Å². The molecule has 3 rings (SSSR count). The first kappa shape index (κ1) is 54.5. The van der Waals surface area contributed by atoms with Crippen LogP contribution in [0.1, 0.15) is 110 Å². The molecule has 225 valence electrons. The van der Waals surface area contributed by atoms with Crippen LogP contribution in [0.15, 0.2) is 72.8 Å². The minimum Gasteiger partial charge on any atom is -0.358 e. The van der Waals surface area contributed by atoms with Crippen molar-refractivity contribution in [3.8, 4) is 0 Å². The van der Waals surface area contributed by atoms with Crippen molar-refractivity contribution in [2.24, 2.45) is 0 Å². The zero-order valence-electron chi connectivity index (χ0n) is 26.7. The van der Waals surface area contributed by atoms with Crippen molar-refractivity contribution < 1.29 is 113 Å². The van der Waals surface area contributed by atoms with Gasteiger partial charge in [0.05, 0.1) is 5.78 Å². The molecule has 0 amide bonds. The van der Waals surface area contributed by atoms with Crippen molar-refractivity contribution in [2.45, 2.75) is 78.6 Å². The molecule has 0 saturated heterocycles. The summed E-state index contributed by atoms with van der Waals surface area (Å²) in [7, 11) is 0. The van der Waals surface area contributed by atoms with Gasteiger partial charge in [0.1, 0.15) is 11.6 Å². The Morgan fingerprint density at radius 1 is 0.548 bits per heavy atom. The number of hydrogen-bond acceptors (Lipinski definition) is 3. The second-order valence-electron chi connectivity index (χ2n) is 8.44. The molecule has 0 atom stereocenters. The van der Waals surface area contributed by atoms with E-state index < -0.39 is 0 Å². The number of Topliss-reactive ketones (excluding diaryl/α,β-unsaturated/α-hetero) is 3. The number of rotatable bonds is 12. The van der Waals surface area contributed by atoms with Crippen LogP contribution in [-0.4, -0.2) is 17.3 Å². The number of hydrogen-bond donors (Lipinski definition) is 0. The van der Waals surface area contributed by atoms with E-state index in [1.165, 1.54) is 0 Å². The van der Waals surface area contributed by atoms with E-state index in [-0.39, 0.29) is 138 Å². The summed E-state index contributed by atoms with van der Waals surface area (Å²) in [4.78, 5) is 34.1. The van der Waals surface area contributed by atoms with Crippen molar-refractivity contribution >= 4 is 17.3 Å². The molecule has 0 N–H and O–H groups in total. The van der Waals surface area contributed by atoms with E-state index in [9.17, 15) is 14.4 Å². The van der Waals surface area contributed by atoms with Crippen molar-refractivity contribution in [3.05, 3.63) is 130 Å². The van der Waals surface area contributed by atoms with Crippen LogP contribution in [0, 0.1) is 40.5 Å². The quantitative estimate of drug-likeness (QED) is 0.136. The molecule has 6 heteroatoms. The van der Waals surface area contributed by atoms with Crippen LogP contribution in [0.25, 0.3) is 0 Å². The first-order chi connectivity index (χ1) is 17.5. The molecule has 3 aromatic carbocycles. The summed E-state index contributed by atoms with van der Waals surface area (Å²) in [5, 5.41) is 0. The molecular weight excluding hydrogens is 747 g/mol. The second-order valence-corrected chi connectivity index (χ2v) is 8.44. The maximum absolute atomic E-state index is 11.4. The van der Waals surface area contributed by atoms with Crippen LogP contribution >= 0.6 is 0 Å². The van der Waals surface area contributed by atoms with Crippen LogP contribution in [0.5, 0.6) is 0 Å². The molecule has 0 aliphatic rings. The normalized spacial score (nSPS) is 8.36. The van der Waals surface area contributed by atoms with Gasteiger partial charge in [-0.05, 0) is 25.7 Å². The fourth-order valence-corrected chi connectivity index (χ4v) is 3.14. The Hall–Kier alpha value is -0.0183. The van der Waals surface area contributed by atoms with E-state index in [0.29, 0.717) is 24.8 Å². The standard InChI is InChI=1S/3C11H13O.3CH3.3Y/c3*1-2-3-9-11(12)10-7-5-4-6-8-10;;;;;;/h5-8H,2-3,9H2,1H3;4-5,7-8H,2-3,9H2,1H3;4-7H,2-3,9H2,1H3;3*1H3;;;/q6*-1;;;. The fraction of sp³-hybridized carbons (Fsp3) is 0.333. The fourth-order valence-electron chi connectivity index (χ4n) is 3.14. The summed E-state index contributed by atoms with van der Waals surface area (Å²) < 4.78 is 0. The van der Waals surface area contributed by atoms with Crippen molar-refractivity contribution in [1.29, 1.82) is 0 Å². The molecule has 0 aromatic heterocycles. The Bertz CT molecular complexity index is 863. The first-order valence-electron chi connectivity index (χ1n) is 13.0. The maximum atomic E-state index is 11.4. The predicted octanol–water partition coefficient (Wildman–Crippen LogP) is 9.92. The Morgan fingerprint density at radius 3 is 1.48 bits per heavy atom. The molecule has 0 aliphatic carbocycles. The van der Waals surface area contributed by atoms with E-state index in [0.717, 1.165) is 49.7 Å². The Morgan fingerprint density at radius 2 is 1.05 bits per heavy atom. The molecule has 3 nitrogen and oxygen atoms in total. The molecule has 0 spiro atoms. The van der Waals surface area contributed by atoms with Crippen LogP contribution in [0.4, 0.5) is 0 Å². The average molecular weight is 795 g/mol. The number of benzene rings is 3. The van der Waals surface area contributed by atoms with E-state index in [1.54, 1.807) is 30.3 Å². The van der Waals surface area contributed by atoms with Gasteiger partial charge in [-0.15, -0.1) is 35.9 Å². The molecule has 42 heavy (non-hydrogen) atoms. The minimum atomic E-state index is 0. The third-order valence-electron chi connectivity index (χ3n) is 5.35. The number of ketones is 3. The summed E-state index contributed by atoms with van der Waals surface area (Å²) in [5.74, 6) is 0.678. The summed E-state index contributed by atoms with van der Waals surface area (Å²) >= 11 is 0. The minimum absolute atomic E-state index is 0. The summed E-state index contributed by atoms with van der Waals surface area (Å²) in [6.07, 6.45) is 8.13. The molecule has 3 aromatic rings. The van der Waals surface area contributed by atoms with Gasteiger partial charge in [-0.3, -0.25) is 4.79 Å². The van der Waals surface area contributed by atoms with Gasteiger partial charge in [0.15, 0.2) is 0 Å². The SMILES string of the molecule is CCCCC(=O)c1[c-]cccc1.CCCCC(=O)c1c[c-]ccc1.CCCCC(=O)c1cc[c-]cc1.[CH3-].[CH3-].[CH3-].[Y].[Y].[Y]. The molecule has 3 radical (unpaired) electrons. The summed E-state index contributed by atoms with van der Waals surface area (Å²) in [6.45, 7) is 6.26. The van der Waals surface area contributed by atoms with E-state index >= 15 is 0 Å². The van der Waals surface area contributed by atoms with E-state index in [1.807, 2.05) is 42.5 Å². The Labute approximate surface area is 334 Å². The number of unbranched alkanes of at least 4 members (excludes halogenated alkanes) is 3. The van der Waals surface area contributed by atoms with Crippen LogP contribution in [0.3, 0.4) is 0 Å². The zero-order valence-corrected chi connectivity index (χ0v) is 35.3. The second kappa shape index (κ2) is 37.2. The largest absolute Gasteiger partial charge is 0.358 e. The molecule has 0 aliphatic heterocycles. The smallest absolute Gasteiger partial charge is 0.138 e. The predicted molar refractivity (Wildman–Crippen MR) is 167 cm³/mol. The van der Waals surface area contributed by atoms with Gasteiger partial charge in [-0.1, -0.05) is 57.6 Å². The molecule has 0 saturated carbocycles. The molecule has 0 unspecified atom stereocenters. The molecule has 0 heterocycles. The van der Waals surface area contributed by atoms with Crippen LogP contribution in [0.2, 0.25) is 0 Å². The van der Waals surface area contributed by atoms with Crippen LogP contribution < -0.4 is 0 Å². The molecular formula is C36H48O3Y3-6. The third-order valence-corrected chi connectivity index (χ3v) is 5.35. The van der Waals surface area contributed by atoms with Crippen molar-refractivity contribution in [3.63, 3.8) is 0 Å². The van der Waals surface area contributed by atoms with Gasteiger partial charge >= 0.3 is 0 Å². The van der Waals surface area contributed by atoms with Crippen molar-refractivity contribution in [1.82, 2.24) is 0 Å². The number of carbonyl (C=O) groups is 3. The Balaban J connectivity index is -0.000000108. The van der Waals surface area contributed by atoms with Gasteiger partial charge < -0.3 is 31.9 Å². The van der Waals surface area contributed by atoms with Gasteiger partial charge in [-0.2, -0.15) is 60.7 Å².